The number of benzene rings is 2. The zero-order chi connectivity index (χ0) is 19.8. The predicted octanol–water partition coefficient (Wildman–Crippen LogP) is 5.18. The second-order valence-electron chi connectivity index (χ2n) is 5.57. The Bertz CT molecular complexity index is 1000. The van der Waals surface area contributed by atoms with Crippen molar-refractivity contribution in [2.45, 2.75) is 13.1 Å². The lowest BCUT2D eigenvalue weighted by Gasteiger charge is -2.21. The summed E-state index contributed by atoms with van der Waals surface area (Å²) < 4.78 is 49.9. The summed E-state index contributed by atoms with van der Waals surface area (Å²) in [6.45, 7) is 1.34. The van der Waals surface area contributed by atoms with Gasteiger partial charge in [-0.1, -0.05) is 0 Å². The molecule has 0 spiro atoms. The van der Waals surface area contributed by atoms with Gasteiger partial charge >= 0.3 is 12.1 Å². The van der Waals surface area contributed by atoms with Crippen LogP contribution in [0, 0.1) is 0 Å². The molecule has 0 aliphatic carbocycles. The lowest BCUT2D eigenvalue weighted by Crippen LogP contribution is -2.41. The van der Waals surface area contributed by atoms with Crippen molar-refractivity contribution in [2.75, 3.05) is 18.6 Å². The smallest absolute Gasteiger partial charge is 0.471 e. The van der Waals surface area contributed by atoms with Gasteiger partial charge in [0.25, 0.3) is 0 Å². The normalized spacial score (nSPS) is 11.6. The van der Waals surface area contributed by atoms with E-state index < -0.39 is 12.1 Å². The summed E-state index contributed by atoms with van der Waals surface area (Å²) >= 11 is 3.38. The van der Waals surface area contributed by atoms with Crippen LogP contribution in [-0.4, -0.2) is 30.7 Å². The van der Waals surface area contributed by atoms with Crippen LogP contribution in [-0.2, 0) is 4.79 Å². The topological polar surface area (TPSA) is 55.6 Å². The number of carbonyl (C=O) groups is 1. The van der Waals surface area contributed by atoms with Crippen LogP contribution in [0.25, 0.3) is 22.6 Å². The highest BCUT2D eigenvalue weighted by Crippen LogP contribution is 2.33. The average molecular weight is 443 g/mol. The van der Waals surface area contributed by atoms with Gasteiger partial charge in [0.2, 0.25) is 5.89 Å². The third-order valence-electron chi connectivity index (χ3n) is 3.89. The summed E-state index contributed by atoms with van der Waals surface area (Å²) in [5.74, 6) is -0.986. The number of rotatable bonds is 4. The second kappa shape index (κ2) is 7.22. The Hall–Kier alpha value is -2.55. The van der Waals surface area contributed by atoms with Crippen LogP contribution in [0.2, 0.25) is 0 Å². The minimum absolute atomic E-state index is 0.0888. The summed E-state index contributed by atoms with van der Waals surface area (Å²) in [7, 11) is 1.54. The van der Waals surface area contributed by atoms with Crippen LogP contribution in [0.4, 0.5) is 18.9 Å². The fourth-order valence-corrected chi connectivity index (χ4v) is 3.14. The van der Waals surface area contributed by atoms with Gasteiger partial charge in [0.05, 0.1) is 11.6 Å². The first-order chi connectivity index (χ1) is 12.7. The van der Waals surface area contributed by atoms with Gasteiger partial charge in [-0.2, -0.15) is 13.2 Å². The zero-order valence-corrected chi connectivity index (χ0v) is 15.9. The number of halogens is 4. The third kappa shape index (κ3) is 3.78. The predicted molar refractivity (Wildman–Crippen MR) is 97.8 cm³/mol. The maximum Gasteiger partial charge on any atom is 0.471 e. The van der Waals surface area contributed by atoms with Gasteiger partial charge in [-0.15, -0.1) is 0 Å². The van der Waals surface area contributed by atoms with E-state index >= 15 is 0 Å². The average Bonchev–Trinajstić information content (AvgIpc) is 3.05. The van der Waals surface area contributed by atoms with Crippen molar-refractivity contribution in [2.24, 2.45) is 0 Å². The molecule has 1 heterocycles. The molecule has 0 bridgehead atoms. The molecule has 3 rings (SSSR count). The minimum Gasteiger partial charge on any atom is -0.496 e. The van der Waals surface area contributed by atoms with Crippen molar-refractivity contribution in [3.8, 4) is 17.2 Å². The molecule has 142 valence electrons. The number of fused-ring (bicyclic) bond motifs is 1. The van der Waals surface area contributed by atoms with E-state index in [9.17, 15) is 18.0 Å². The van der Waals surface area contributed by atoms with E-state index in [1.807, 2.05) is 0 Å². The van der Waals surface area contributed by atoms with Crippen molar-refractivity contribution in [3.63, 3.8) is 0 Å². The second-order valence-corrected chi connectivity index (χ2v) is 6.42. The highest BCUT2D eigenvalue weighted by molar-refractivity contribution is 9.10. The number of oxazole rings is 1. The van der Waals surface area contributed by atoms with E-state index in [2.05, 4.69) is 20.9 Å². The molecule has 0 aliphatic heterocycles. The largest absolute Gasteiger partial charge is 0.496 e. The molecule has 2 aromatic carbocycles. The molecule has 0 aliphatic rings. The van der Waals surface area contributed by atoms with E-state index in [-0.39, 0.29) is 17.8 Å². The monoisotopic (exact) mass is 442 g/mol. The molecule has 3 aromatic rings. The quantitative estimate of drug-likeness (QED) is 0.558. The van der Waals surface area contributed by atoms with Gasteiger partial charge in [-0.05, 0) is 53.2 Å². The number of methoxy groups -OCH3 is 1. The number of amides is 1. The first-order valence-electron chi connectivity index (χ1n) is 7.87. The van der Waals surface area contributed by atoms with Crippen LogP contribution in [0.3, 0.4) is 0 Å². The number of hydrogen-bond acceptors (Lipinski definition) is 4. The van der Waals surface area contributed by atoms with Gasteiger partial charge in [-0.25, -0.2) is 4.98 Å². The summed E-state index contributed by atoms with van der Waals surface area (Å²) in [5, 5.41) is 0. The first-order valence-corrected chi connectivity index (χ1v) is 8.67. The van der Waals surface area contributed by atoms with Crippen molar-refractivity contribution in [3.05, 3.63) is 40.9 Å². The van der Waals surface area contributed by atoms with Crippen LogP contribution < -0.4 is 9.64 Å². The number of nitrogens with zero attached hydrogens (tertiary/aromatic N) is 2. The summed E-state index contributed by atoms with van der Waals surface area (Å²) in [6, 6.07) is 9.54. The van der Waals surface area contributed by atoms with E-state index in [4.69, 9.17) is 9.15 Å². The van der Waals surface area contributed by atoms with Crippen molar-refractivity contribution in [1.82, 2.24) is 4.98 Å². The number of anilines is 1. The molecule has 1 aromatic heterocycles. The molecule has 0 saturated heterocycles. The van der Waals surface area contributed by atoms with Gasteiger partial charge in [-0.3, -0.25) is 4.79 Å². The molecule has 1 amide bonds. The van der Waals surface area contributed by atoms with E-state index in [0.717, 1.165) is 0 Å². The summed E-state index contributed by atoms with van der Waals surface area (Å²) in [6.07, 6.45) is -4.95. The Morgan fingerprint density at radius 1 is 1.26 bits per heavy atom. The standard InChI is InChI=1S/C18H14BrF3N2O3/c1-3-24(17(25)18(20,21)22)11-5-6-13-15(9-11)27-16(23-13)10-4-7-14(26-2)12(19)8-10/h4-9H,3H2,1-2H3. The molecule has 0 saturated carbocycles. The van der Waals surface area contributed by atoms with E-state index in [1.54, 1.807) is 25.3 Å². The highest BCUT2D eigenvalue weighted by Gasteiger charge is 2.42. The maximum atomic E-state index is 12.8. The van der Waals surface area contributed by atoms with E-state index in [0.29, 0.717) is 32.1 Å². The zero-order valence-electron chi connectivity index (χ0n) is 14.3. The Morgan fingerprint density at radius 2 is 2.00 bits per heavy atom. The van der Waals surface area contributed by atoms with Crippen LogP contribution >= 0.6 is 15.9 Å². The molecule has 27 heavy (non-hydrogen) atoms. The number of alkyl halides is 3. The van der Waals surface area contributed by atoms with Crippen LogP contribution in [0.15, 0.2) is 45.3 Å². The minimum atomic E-state index is -4.95. The molecule has 9 heteroatoms. The molecule has 0 fully saturated rings. The fourth-order valence-electron chi connectivity index (χ4n) is 2.60. The van der Waals surface area contributed by atoms with Crippen molar-refractivity contribution < 1.29 is 27.1 Å². The molecule has 0 unspecified atom stereocenters. The van der Waals surface area contributed by atoms with Gasteiger partial charge in [0.1, 0.15) is 11.3 Å². The molecule has 0 atom stereocenters. The Morgan fingerprint density at radius 3 is 2.59 bits per heavy atom. The lowest BCUT2D eigenvalue weighted by atomic mass is 10.2. The first kappa shape index (κ1) is 19.2. The molecular formula is C18H14BrF3N2O3. The number of aromatic nitrogens is 1. The van der Waals surface area contributed by atoms with Gasteiger partial charge in [0, 0.05) is 23.9 Å². The Labute approximate surface area is 160 Å². The van der Waals surface area contributed by atoms with Gasteiger partial charge < -0.3 is 14.1 Å². The number of hydrogen-bond donors (Lipinski definition) is 0. The molecule has 5 nitrogen and oxygen atoms in total. The lowest BCUT2D eigenvalue weighted by molar-refractivity contribution is -0.170. The van der Waals surface area contributed by atoms with E-state index in [1.165, 1.54) is 25.1 Å². The fraction of sp³-hybridized carbons (Fsp3) is 0.222. The highest BCUT2D eigenvalue weighted by atomic mass is 79.9. The SMILES string of the molecule is CCN(C(=O)C(F)(F)F)c1ccc2nc(-c3ccc(OC)c(Br)c3)oc2c1. The maximum absolute atomic E-state index is 12.8. The number of ether oxygens (including phenoxy) is 1. The Balaban J connectivity index is 2.00. The van der Waals surface area contributed by atoms with Crippen molar-refractivity contribution in [1.29, 1.82) is 0 Å². The molecule has 0 N–H and O–H groups in total. The molecular weight excluding hydrogens is 429 g/mol. The molecule has 0 radical (unpaired) electrons. The Kier molecular flexibility index (Phi) is 5.14. The van der Waals surface area contributed by atoms with Crippen LogP contribution in [0.1, 0.15) is 6.92 Å². The summed E-state index contributed by atoms with van der Waals surface area (Å²) in [5.41, 5.74) is 1.50. The summed E-state index contributed by atoms with van der Waals surface area (Å²) in [4.78, 5) is 16.6. The van der Waals surface area contributed by atoms with Crippen LogP contribution in [0.5, 0.6) is 5.75 Å². The third-order valence-corrected chi connectivity index (χ3v) is 4.51. The van der Waals surface area contributed by atoms with Gasteiger partial charge in [0.15, 0.2) is 5.58 Å². The number of carbonyl (C=O) groups excluding carboxylic acids is 1. The van der Waals surface area contributed by atoms with Crippen molar-refractivity contribution >= 4 is 38.6 Å².